The number of aromatic nitrogens is 2. The van der Waals surface area contributed by atoms with E-state index in [1.807, 2.05) is 12.1 Å². The highest BCUT2D eigenvalue weighted by molar-refractivity contribution is 5.54. The Morgan fingerprint density at radius 1 is 1.32 bits per heavy atom. The van der Waals surface area contributed by atoms with E-state index < -0.39 is 0 Å². The number of hydrogen-bond acceptors (Lipinski definition) is 5. The standard InChI is InChI=1S/C14H19N3O2/c1-17(2)8-7-11-5-4-6-12(9-11)14-15-13(10-18-3)16-19-14/h4-6,9H,7-8,10H2,1-3H3. The molecule has 102 valence electrons. The third-order valence-electron chi connectivity index (χ3n) is 2.76. The summed E-state index contributed by atoms with van der Waals surface area (Å²) in [6.45, 7) is 1.38. The molecule has 0 spiro atoms. The van der Waals surface area contributed by atoms with Gasteiger partial charge in [0.15, 0.2) is 5.82 Å². The van der Waals surface area contributed by atoms with Crippen LogP contribution < -0.4 is 0 Å². The topological polar surface area (TPSA) is 51.4 Å². The van der Waals surface area contributed by atoms with Gasteiger partial charge in [-0.2, -0.15) is 4.98 Å². The van der Waals surface area contributed by atoms with E-state index in [9.17, 15) is 0 Å². The molecule has 0 bridgehead atoms. The Bertz CT molecular complexity index is 523. The smallest absolute Gasteiger partial charge is 0.258 e. The second-order valence-electron chi connectivity index (χ2n) is 4.70. The number of hydrogen-bond donors (Lipinski definition) is 0. The maximum Gasteiger partial charge on any atom is 0.258 e. The van der Waals surface area contributed by atoms with Crippen molar-refractivity contribution < 1.29 is 9.26 Å². The number of likely N-dealkylation sites (N-methyl/N-ethyl adjacent to an activating group) is 1. The van der Waals surface area contributed by atoms with Gasteiger partial charge in [0.05, 0.1) is 0 Å². The first-order chi connectivity index (χ1) is 9.19. The molecule has 2 rings (SSSR count). The molecule has 5 nitrogen and oxygen atoms in total. The SMILES string of the molecule is COCc1noc(-c2cccc(CCN(C)C)c2)n1. The number of methoxy groups -OCH3 is 1. The van der Waals surface area contributed by atoms with Crippen LogP contribution in [0.5, 0.6) is 0 Å². The van der Waals surface area contributed by atoms with Crippen molar-refractivity contribution in [3.63, 3.8) is 0 Å². The van der Waals surface area contributed by atoms with Crippen LogP contribution in [0.4, 0.5) is 0 Å². The highest BCUT2D eigenvalue weighted by Crippen LogP contribution is 2.19. The van der Waals surface area contributed by atoms with E-state index in [4.69, 9.17) is 9.26 Å². The summed E-state index contributed by atoms with van der Waals surface area (Å²) in [7, 11) is 5.75. The molecule has 0 fully saturated rings. The maximum absolute atomic E-state index is 5.23. The van der Waals surface area contributed by atoms with Crippen LogP contribution in [0.1, 0.15) is 11.4 Å². The maximum atomic E-state index is 5.23. The van der Waals surface area contributed by atoms with Gasteiger partial charge < -0.3 is 14.2 Å². The first-order valence-corrected chi connectivity index (χ1v) is 6.24. The van der Waals surface area contributed by atoms with Crippen LogP contribution in [-0.4, -0.2) is 42.8 Å². The molecule has 0 N–H and O–H groups in total. The van der Waals surface area contributed by atoms with Crippen LogP contribution >= 0.6 is 0 Å². The molecular formula is C14H19N3O2. The van der Waals surface area contributed by atoms with E-state index in [0.29, 0.717) is 18.3 Å². The van der Waals surface area contributed by atoms with E-state index in [-0.39, 0.29) is 0 Å². The summed E-state index contributed by atoms with van der Waals surface area (Å²) in [5, 5.41) is 3.87. The summed E-state index contributed by atoms with van der Waals surface area (Å²) < 4.78 is 10.2. The van der Waals surface area contributed by atoms with Crippen molar-refractivity contribution in [1.29, 1.82) is 0 Å². The van der Waals surface area contributed by atoms with Gasteiger partial charge in [-0.3, -0.25) is 0 Å². The quantitative estimate of drug-likeness (QED) is 0.796. The summed E-state index contributed by atoms with van der Waals surface area (Å²) in [6, 6.07) is 8.19. The van der Waals surface area contributed by atoms with Crippen LogP contribution in [0, 0.1) is 0 Å². The van der Waals surface area contributed by atoms with E-state index in [2.05, 4.69) is 41.3 Å². The van der Waals surface area contributed by atoms with Crippen molar-refractivity contribution in [2.45, 2.75) is 13.0 Å². The van der Waals surface area contributed by atoms with Gasteiger partial charge in [0.25, 0.3) is 5.89 Å². The molecule has 0 aliphatic heterocycles. The lowest BCUT2D eigenvalue weighted by atomic mass is 10.1. The molecule has 2 aromatic rings. The average Bonchev–Trinajstić information content (AvgIpc) is 2.86. The van der Waals surface area contributed by atoms with Crippen LogP contribution in [0.2, 0.25) is 0 Å². The van der Waals surface area contributed by atoms with E-state index in [0.717, 1.165) is 18.5 Å². The van der Waals surface area contributed by atoms with Gasteiger partial charge in [-0.1, -0.05) is 17.3 Å². The summed E-state index contributed by atoms with van der Waals surface area (Å²) in [4.78, 5) is 6.46. The van der Waals surface area contributed by atoms with E-state index in [1.54, 1.807) is 7.11 Å². The largest absolute Gasteiger partial charge is 0.377 e. The summed E-state index contributed by atoms with van der Waals surface area (Å²) in [5.41, 5.74) is 2.21. The molecule has 0 aliphatic rings. The Labute approximate surface area is 113 Å². The highest BCUT2D eigenvalue weighted by atomic mass is 16.5. The molecule has 1 heterocycles. The van der Waals surface area contributed by atoms with Crippen LogP contribution in [0.15, 0.2) is 28.8 Å². The molecular weight excluding hydrogens is 242 g/mol. The van der Waals surface area contributed by atoms with E-state index in [1.165, 1.54) is 5.56 Å². The van der Waals surface area contributed by atoms with Gasteiger partial charge >= 0.3 is 0 Å². The Morgan fingerprint density at radius 3 is 2.89 bits per heavy atom. The van der Waals surface area contributed by atoms with Gasteiger partial charge in [0.2, 0.25) is 0 Å². The zero-order valence-electron chi connectivity index (χ0n) is 11.6. The third-order valence-corrected chi connectivity index (χ3v) is 2.76. The zero-order valence-corrected chi connectivity index (χ0v) is 11.6. The normalized spacial score (nSPS) is 11.2. The summed E-state index contributed by atoms with van der Waals surface area (Å²) >= 11 is 0. The van der Waals surface area contributed by atoms with Crippen LogP contribution in [-0.2, 0) is 17.8 Å². The lowest BCUT2D eigenvalue weighted by molar-refractivity contribution is 0.174. The van der Waals surface area contributed by atoms with Crippen LogP contribution in [0.25, 0.3) is 11.5 Å². The number of nitrogens with zero attached hydrogens (tertiary/aromatic N) is 3. The van der Waals surface area contributed by atoms with Crippen LogP contribution in [0.3, 0.4) is 0 Å². The Hall–Kier alpha value is -1.72. The van der Waals surface area contributed by atoms with Gasteiger partial charge in [-0.05, 0) is 38.2 Å². The molecule has 1 aromatic carbocycles. The van der Waals surface area contributed by atoms with Crippen molar-refractivity contribution >= 4 is 0 Å². The van der Waals surface area contributed by atoms with Gasteiger partial charge in [-0.15, -0.1) is 0 Å². The molecule has 1 aromatic heterocycles. The van der Waals surface area contributed by atoms with Crippen molar-refractivity contribution in [3.05, 3.63) is 35.7 Å². The molecule has 19 heavy (non-hydrogen) atoms. The zero-order chi connectivity index (χ0) is 13.7. The fourth-order valence-electron chi connectivity index (χ4n) is 1.77. The monoisotopic (exact) mass is 261 g/mol. The average molecular weight is 261 g/mol. The summed E-state index contributed by atoms with van der Waals surface area (Å²) in [6.07, 6.45) is 1.000. The molecule has 0 aliphatic carbocycles. The molecule has 0 saturated heterocycles. The van der Waals surface area contributed by atoms with Crippen molar-refractivity contribution in [2.24, 2.45) is 0 Å². The number of rotatable bonds is 6. The first kappa shape index (κ1) is 13.7. The van der Waals surface area contributed by atoms with Gasteiger partial charge in [0, 0.05) is 19.2 Å². The highest BCUT2D eigenvalue weighted by Gasteiger charge is 2.09. The lowest BCUT2D eigenvalue weighted by Crippen LogP contribution is -2.14. The minimum Gasteiger partial charge on any atom is -0.377 e. The van der Waals surface area contributed by atoms with Gasteiger partial charge in [-0.25, -0.2) is 0 Å². The second-order valence-corrected chi connectivity index (χ2v) is 4.70. The summed E-state index contributed by atoms with van der Waals surface area (Å²) in [5.74, 6) is 1.11. The van der Waals surface area contributed by atoms with E-state index >= 15 is 0 Å². The molecule has 0 atom stereocenters. The first-order valence-electron chi connectivity index (χ1n) is 6.24. The van der Waals surface area contributed by atoms with Crippen molar-refractivity contribution in [3.8, 4) is 11.5 Å². The Balaban J connectivity index is 2.12. The minimum absolute atomic E-state index is 0.365. The Morgan fingerprint density at radius 2 is 2.16 bits per heavy atom. The van der Waals surface area contributed by atoms with Crippen molar-refractivity contribution in [2.75, 3.05) is 27.7 Å². The number of benzene rings is 1. The fourth-order valence-corrected chi connectivity index (χ4v) is 1.77. The molecule has 0 saturated carbocycles. The molecule has 0 amide bonds. The Kier molecular flexibility index (Phi) is 4.65. The third kappa shape index (κ3) is 3.87. The predicted molar refractivity (Wildman–Crippen MR) is 72.7 cm³/mol. The molecule has 0 unspecified atom stereocenters. The van der Waals surface area contributed by atoms with Gasteiger partial charge in [0.1, 0.15) is 6.61 Å². The molecule has 0 radical (unpaired) electrons. The fraction of sp³-hybridized carbons (Fsp3) is 0.429. The minimum atomic E-state index is 0.365. The number of ether oxygens (including phenoxy) is 1. The molecule has 5 heteroatoms. The lowest BCUT2D eigenvalue weighted by Gasteiger charge is -2.09. The van der Waals surface area contributed by atoms with Crippen molar-refractivity contribution in [1.82, 2.24) is 15.0 Å². The predicted octanol–water partition coefficient (Wildman–Crippen LogP) is 1.99. The second kappa shape index (κ2) is 6.45.